The fourth-order valence-corrected chi connectivity index (χ4v) is 3.42. The molecule has 1 aromatic carbocycles. The summed E-state index contributed by atoms with van der Waals surface area (Å²) in [5, 5.41) is 10.7. The maximum Gasteiger partial charge on any atom is 0.337 e. The number of esters is 1. The quantitative estimate of drug-likeness (QED) is 0.366. The molecule has 26 heavy (non-hydrogen) atoms. The maximum absolute atomic E-state index is 12.1. The molecule has 132 valence electrons. The average Bonchev–Trinajstić information content (AvgIpc) is 3.30. The third kappa shape index (κ3) is 4.24. The van der Waals surface area contributed by atoms with Gasteiger partial charge in [-0.25, -0.2) is 10.2 Å². The van der Waals surface area contributed by atoms with Gasteiger partial charge in [0.2, 0.25) is 0 Å². The number of H-pyrrole nitrogens is 1. The lowest BCUT2D eigenvalue weighted by Crippen LogP contribution is -2.18. The SMILES string of the molecule is COC(=O)c1ccc(/C=N/NC(=O)c2cc(-c3ccc(Br)s3)[nH]n2)cc1. The molecule has 0 spiro atoms. The van der Waals surface area contributed by atoms with Gasteiger partial charge in [-0.3, -0.25) is 9.89 Å². The van der Waals surface area contributed by atoms with Gasteiger partial charge in [0.1, 0.15) is 0 Å². The van der Waals surface area contributed by atoms with Crippen molar-refractivity contribution in [1.29, 1.82) is 0 Å². The fraction of sp³-hybridized carbons (Fsp3) is 0.0588. The van der Waals surface area contributed by atoms with Crippen LogP contribution >= 0.6 is 27.3 Å². The minimum atomic E-state index is -0.425. The number of hydrogen-bond acceptors (Lipinski definition) is 6. The van der Waals surface area contributed by atoms with E-state index in [2.05, 4.69) is 41.4 Å². The highest BCUT2D eigenvalue weighted by molar-refractivity contribution is 9.11. The normalized spacial score (nSPS) is 10.8. The van der Waals surface area contributed by atoms with Crippen molar-refractivity contribution in [3.05, 3.63) is 63.1 Å². The number of amides is 1. The van der Waals surface area contributed by atoms with Gasteiger partial charge in [0, 0.05) is 0 Å². The van der Waals surface area contributed by atoms with E-state index in [9.17, 15) is 9.59 Å². The largest absolute Gasteiger partial charge is 0.465 e. The number of hydrogen-bond donors (Lipinski definition) is 2. The molecule has 0 saturated heterocycles. The first-order valence-electron chi connectivity index (χ1n) is 7.39. The molecule has 0 aliphatic heterocycles. The molecule has 7 nitrogen and oxygen atoms in total. The van der Waals surface area contributed by atoms with Gasteiger partial charge in [0.15, 0.2) is 5.69 Å². The minimum Gasteiger partial charge on any atom is -0.465 e. The van der Waals surface area contributed by atoms with Crippen molar-refractivity contribution in [2.45, 2.75) is 0 Å². The molecule has 3 rings (SSSR count). The minimum absolute atomic E-state index is 0.239. The van der Waals surface area contributed by atoms with Crippen LogP contribution in [0.15, 0.2) is 51.4 Å². The van der Waals surface area contributed by atoms with Crippen LogP contribution in [-0.2, 0) is 4.74 Å². The Balaban J connectivity index is 1.61. The van der Waals surface area contributed by atoms with Gasteiger partial charge in [-0.15, -0.1) is 11.3 Å². The van der Waals surface area contributed by atoms with Crippen molar-refractivity contribution in [3.63, 3.8) is 0 Å². The number of halogens is 1. The standard InChI is InChI=1S/C17H13BrN4O3S/c1-25-17(24)11-4-2-10(3-5-11)9-19-22-16(23)13-8-12(20-21-13)14-6-7-15(18)26-14/h2-9H,1H3,(H,20,21)(H,22,23)/b19-9+. The Bertz CT molecular complexity index is 963. The Hall–Kier alpha value is -2.78. The summed E-state index contributed by atoms with van der Waals surface area (Å²) >= 11 is 4.93. The van der Waals surface area contributed by atoms with Crippen LogP contribution in [0.25, 0.3) is 10.6 Å². The van der Waals surface area contributed by atoms with Gasteiger partial charge < -0.3 is 4.74 Å². The molecule has 2 N–H and O–H groups in total. The van der Waals surface area contributed by atoms with Gasteiger partial charge in [0.05, 0.1) is 33.2 Å². The third-order valence-corrected chi connectivity index (χ3v) is 5.02. The van der Waals surface area contributed by atoms with E-state index in [1.807, 2.05) is 12.1 Å². The molecule has 0 unspecified atom stereocenters. The first kappa shape index (κ1) is 18.0. The number of rotatable bonds is 5. The Labute approximate surface area is 161 Å². The summed E-state index contributed by atoms with van der Waals surface area (Å²) in [6, 6.07) is 12.2. The van der Waals surface area contributed by atoms with E-state index < -0.39 is 11.9 Å². The zero-order valence-electron chi connectivity index (χ0n) is 13.5. The molecule has 0 atom stereocenters. The fourth-order valence-electron chi connectivity index (χ4n) is 2.07. The number of aromatic nitrogens is 2. The molecule has 0 fully saturated rings. The molecule has 9 heteroatoms. The number of benzene rings is 1. The van der Waals surface area contributed by atoms with Crippen LogP contribution in [0, 0.1) is 0 Å². The van der Waals surface area contributed by atoms with E-state index >= 15 is 0 Å². The Morgan fingerprint density at radius 2 is 2.04 bits per heavy atom. The van der Waals surface area contributed by atoms with Crippen LogP contribution < -0.4 is 5.43 Å². The highest BCUT2D eigenvalue weighted by Crippen LogP contribution is 2.30. The lowest BCUT2D eigenvalue weighted by atomic mass is 10.1. The second kappa shape index (κ2) is 8.07. The molecule has 0 bridgehead atoms. The summed E-state index contributed by atoms with van der Waals surface area (Å²) in [4.78, 5) is 24.4. The van der Waals surface area contributed by atoms with Crippen LogP contribution in [0.3, 0.4) is 0 Å². The van der Waals surface area contributed by atoms with Crippen molar-refractivity contribution in [2.24, 2.45) is 5.10 Å². The van der Waals surface area contributed by atoms with Crippen LogP contribution in [0.1, 0.15) is 26.4 Å². The molecule has 0 radical (unpaired) electrons. The summed E-state index contributed by atoms with van der Waals surface area (Å²) in [5.41, 5.74) is 4.58. The van der Waals surface area contributed by atoms with Gasteiger partial charge in [0.25, 0.3) is 5.91 Å². The zero-order chi connectivity index (χ0) is 18.5. The summed E-state index contributed by atoms with van der Waals surface area (Å²) in [6.45, 7) is 0. The third-order valence-electron chi connectivity index (χ3n) is 3.36. The Kier molecular flexibility index (Phi) is 5.59. The van der Waals surface area contributed by atoms with E-state index in [-0.39, 0.29) is 5.69 Å². The van der Waals surface area contributed by atoms with E-state index in [0.29, 0.717) is 5.56 Å². The van der Waals surface area contributed by atoms with Crippen molar-refractivity contribution in [3.8, 4) is 10.6 Å². The topological polar surface area (TPSA) is 96.4 Å². The molecule has 1 amide bonds. The molecule has 0 saturated carbocycles. The van der Waals surface area contributed by atoms with E-state index in [4.69, 9.17) is 0 Å². The number of methoxy groups -OCH3 is 1. The molecule has 3 aromatic rings. The van der Waals surface area contributed by atoms with Gasteiger partial charge in [-0.1, -0.05) is 12.1 Å². The number of hydrazone groups is 1. The van der Waals surface area contributed by atoms with E-state index in [0.717, 1.165) is 19.9 Å². The number of nitrogens with zero attached hydrogens (tertiary/aromatic N) is 2. The smallest absolute Gasteiger partial charge is 0.337 e. The van der Waals surface area contributed by atoms with Gasteiger partial charge in [-0.05, 0) is 51.8 Å². The summed E-state index contributed by atoms with van der Waals surface area (Å²) in [7, 11) is 1.32. The van der Waals surface area contributed by atoms with Crippen molar-refractivity contribution >= 4 is 45.4 Å². The van der Waals surface area contributed by atoms with E-state index in [1.54, 1.807) is 30.3 Å². The average molecular weight is 433 g/mol. The summed E-state index contributed by atoms with van der Waals surface area (Å²) in [5.74, 6) is -0.834. The van der Waals surface area contributed by atoms with E-state index in [1.165, 1.54) is 24.7 Å². The number of carbonyl (C=O) groups excluding carboxylic acids is 2. The second-order valence-corrected chi connectivity index (χ2v) is 7.55. The van der Waals surface area contributed by atoms with Gasteiger partial charge >= 0.3 is 5.97 Å². The van der Waals surface area contributed by atoms with Crippen molar-refractivity contribution in [1.82, 2.24) is 15.6 Å². The first-order chi connectivity index (χ1) is 12.6. The highest BCUT2D eigenvalue weighted by Gasteiger charge is 2.12. The predicted octanol–water partition coefficient (Wildman–Crippen LogP) is 3.45. The number of nitrogens with one attached hydrogen (secondary N) is 2. The second-order valence-electron chi connectivity index (χ2n) is 5.08. The van der Waals surface area contributed by atoms with Gasteiger partial charge in [-0.2, -0.15) is 10.2 Å². The Morgan fingerprint density at radius 1 is 1.27 bits per heavy atom. The zero-order valence-corrected chi connectivity index (χ0v) is 15.9. The molecular formula is C17H13BrN4O3S. The summed E-state index contributed by atoms with van der Waals surface area (Å²) < 4.78 is 5.63. The summed E-state index contributed by atoms with van der Waals surface area (Å²) in [6.07, 6.45) is 1.48. The number of carbonyl (C=O) groups is 2. The van der Waals surface area contributed by atoms with Crippen LogP contribution in [0.5, 0.6) is 0 Å². The predicted molar refractivity (Wildman–Crippen MR) is 102 cm³/mol. The van der Waals surface area contributed by atoms with Crippen molar-refractivity contribution < 1.29 is 14.3 Å². The number of thiophene rings is 1. The lowest BCUT2D eigenvalue weighted by molar-refractivity contribution is 0.0600. The molecule has 2 heterocycles. The first-order valence-corrected chi connectivity index (χ1v) is 9.00. The van der Waals surface area contributed by atoms with Crippen LogP contribution in [0.2, 0.25) is 0 Å². The number of aromatic amines is 1. The highest BCUT2D eigenvalue weighted by atomic mass is 79.9. The maximum atomic E-state index is 12.1. The monoisotopic (exact) mass is 432 g/mol. The lowest BCUT2D eigenvalue weighted by Gasteiger charge is -1.99. The van der Waals surface area contributed by atoms with Crippen LogP contribution in [-0.4, -0.2) is 35.4 Å². The molecule has 2 aromatic heterocycles. The van der Waals surface area contributed by atoms with Crippen molar-refractivity contribution in [2.75, 3.05) is 7.11 Å². The van der Waals surface area contributed by atoms with Crippen LogP contribution in [0.4, 0.5) is 0 Å². The molecular weight excluding hydrogens is 420 g/mol. The molecule has 0 aliphatic rings. The Morgan fingerprint density at radius 3 is 2.69 bits per heavy atom. The molecule has 0 aliphatic carbocycles. The number of ether oxygens (including phenoxy) is 1.